The Kier molecular flexibility index (Phi) is 7.22. The van der Waals surface area contributed by atoms with Crippen LogP contribution in [0.15, 0.2) is 35.8 Å². The van der Waals surface area contributed by atoms with Gasteiger partial charge in [-0.3, -0.25) is 5.01 Å². The van der Waals surface area contributed by atoms with Crippen molar-refractivity contribution in [2.75, 3.05) is 50.7 Å². The van der Waals surface area contributed by atoms with Gasteiger partial charge in [0.05, 0.1) is 25.6 Å². The molecule has 3 rings (SSSR count). The zero-order valence-corrected chi connectivity index (χ0v) is 19.0. The fraction of sp³-hybridized carbons (Fsp3) is 0.478. The summed E-state index contributed by atoms with van der Waals surface area (Å²) in [5.74, 6) is -0.315. The zero-order valence-electron chi connectivity index (χ0n) is 19.0. The average molecular weight is 429 g/mol. The fourth-order valence-electron chi connectivity index (χ4n) is 4.16. The summed E-state index contributed by atoms with van der Waals surface area (Å²) in [6, 6.07) is 2.00. The predicted molar refractivity (Wildman–Crippen MR) is 123 cm³/mol. The number of quaternary nitrogens is 1. The van der Waals surface area contributed by atoms with Gasteiger partial charge in [-0.25, -0.2) is 4.79 Å². The molecule has 168 valence electrons. The Morgan fingerprint density at radius 1 is 1.35 bits per heavy atom. The Balaban J connectivity index is 2.00. The number of phenolic OH excluding ortho intramolecular Hbond substituents is 1. The normalized spacial score (nSPS) is 15.6. The summed E-state index contributed by atoms with van der Waals surface area (Å²) in [6.45, 7) is 8.10. The van der Waals surface area contributed by atoms with Crippen molar-refractivity contribution < 1.29 is 20.0 Å². The topological polar surface area (TPSA) is 85.2 Å². The quantitative estimate of drug-likeness (QED) is 0.371. The number of esters is 1. The van der Waals surface area contributed by atoms with Crippen molar-refractivity contribution in [3.63, 3.8) is 0 Å². The van der Waals surface area contributed by atoms with Crippen LogP contribution >= 0.6 is 0 Å². The molecule has 2 aliphatic rings. The molecule has 0 bridgehead atoms. The van der Waals surface area contributed by atoms with Crippen LogP contribution in [0.3, 0.4) is 0 Å². The third-order valence-corrected chi connectivity index (χ3v) is 5.74. The van der Waals surface area contributed by atoms with Crippen LogP contribution in [0.4, 0.5) is 11.4 Å². The first-order valence-electron chi connectivity index (χ1n) is 10.9. The lowest BCUT2D eigenvalue weighted by molar-refractivity contribution is -0.557. The van der Waals surface area contributed by atoms with Gasteiger partial charge >= 0.3 is 5.97 Å². The summed E-state index contributed by atoms with van der Waals surface area (Å²) >= 11 is 0. The van der Waals surface area contributed by atoms with Crippen molar-refractivity contribution in [3.05, 3.63) is 41.9 Å². The van der Waals surface area contributed by atoms with E-state index in [1.807, 2.05) is 24.6 Å². The van der Waals surface area contributed by atoms with E-state index in [0.29, 0.717) is 11.4 Å². The number of anilines is 2. The van der Waals surface area contributed by atoms with Gasteiger partial charge < -0.3 is 25.0 Å². The average Bonchev–Trinajstić information content (AvgIpc) is 2.77. The number of aromatic hydroxyl groups is 1. The molecule has 0 atom stereocenters. The summed E-state index contributed by atoms with van der Waals surface area (Å²) in [4.78, 5) is 16.8. The summed E-state index contributed by atoms with van der Waals surface area (Å²) in [5.41, 5.74) is 4.49. The number of carbonyl (C=O) groups is 1. The third kappa shape index (κ3) is 4.69. The number of nitrogens with two attached hydrogens (primary N) is 1. The van der Waals surface area contributed by atoms with E-state index in [9.17, 15) is 9.90 Å². The van der Waals surface area contributed by atoms with Gasteiger partial charge in [0.25, 0.3) is 0 Å². The van der Waals surface area contributed by atoms with E-state index in [0.717, 1.165) is 44.3 Å². The second-order valence-electron chi connectivity index (χ2n) is 7.85. The first-order valence-corrected chi connectivity index (χ1v) is 10.9. The van der Waals surface area contributed by atoms with Gasteiger partial charge in [0, 0.05) is 38.4 Å². The van der Waals surface area contributed by atoms with E-state index in [1.54, 1.807) is 37.1 Å². The van der Waals surface area contributed by atoms with Crippen LogP contribution in [0.2, 0.25) is 0 Å². The van der Waals surface area contributed by atoms with Crippen LogP contribution < -0.4 is 15.2 Å². The minimum absolute atomic E-state index is 0.0972. The van der Waals surface area contributed by atoms with Crippen molar-refractivity contribution in [2.45, 2.75) is 32.6 Å². The maximum absolute atomic E-state index is 12.7. The summed E-state index contributed by atoms with van der Waals surface area (Å²) in [6.07, 6.45) is 7.58. The molecule has 0 fully saturated rings. The van der Waals surface area contributed by atoms with Crippen molar-refractivity contribution in [1.82, 2.24) is 4.90 Å². The smallest absolute Gasteiger partial charge is 0.360 e. The zero-order chi connectivity index (χ0) is 22.5. The minimum Gasteiger partial charge on any atom is -0.505 e. The van der Waals surface area contributed by atoms with E-state index in [4.69, 9.17) is 4.74 Å². The van der Waals surface area contributed by atoms with Gasteiger partial charge in [0.15, 0.2) is 5.71 Å². The Bertz CT molecular complexity index is 907. The van der Waals surface area contributed by atoms with Gasteiger partial charge in [-0.15, -0.1) is 0 Å². The second-order valence-corrected chi connectivity index (χ2v) is 7.85. The number of ether oxygens (including phenoxy) is 1. The van der Waals surface area contributed by atoms with E-state index >= 15 is 0 Å². The lowest BCUT2D eigenvalue weighted by Crippen LogP contribution is -2.72. The Hall–Kier alpha value is -3.00. The van der Waals surface area contributed by atoms with Crippen LogP contribution in [-0.4, -0.2) is 62.5 Å². The molecule has 8 heteroatoms. The Morgan fingerprint density at radius 2 is 2.06 bits per heavy atom. The predicted octanol–water partition coefficient (Wildman–Crippen LogP) is 1.56. The molecule has 0 aliphatic carbocycles. The minimum atomic E-state index is -0.551. The molecule has 2 aliphatic heterocycles. The molecule has 0 saturated carbocycles. The number of rotatable bonds is 8. The maximum atomic E-state index is 12.7. The SMILES string of the molecule is C=C(C(=NN(C)c1cc2c3c(c1O)CCCN3CCC2)C(=O)OCC)N(C)C=C[NH2+]C. The summed E-state index contributed by atoms with van der Waals surface area (Å²) in [5, 5.41) is 19.1. The van der Waals surface area contributed by atoms with Crippen molar-refractivity contribution in [3.8, 4) is 5.75 Å². The first-order chi connectivity index (χ1) is 14.9. The first kappa shape index (κ1) is 22.7. The van der Waals surface area contributed by atoms with Crippen molar-refractivity contribution in [1.29, 1.82) is 0 Å². The number of nitrogens with zero attached hydrogens (tertiary/aromatic N) is 4. The molecule has 31 heavy (non-hydrogen) atoms. The molecule has 2 heterocycles. The molecule has 0 unspecified atom stereocenters. The van der Waals surface area contributed by atoms with Crippen LogP contribution in [0.1, 0.15) is 30.9 Å². The Morgan fingerprint density at radius 3 is 2.74 bits per heavy atom. The van der Waals surface area contributed by atoms with Crippen LogP contribution in [-0.2, 0) is 22.4 Å². The lowest BCUT2D eigenvalue weighted by atomic mass is 9.90. The highest BCUT2D eigenvalue weighted by Crippen LogP contribution is 2.45. The number of aryl methyl sites for hydroxylation is 1. The highest BCUT2D eigenvalue weighted by molar-refractivity contribution is 6.43. The molecule has 0 spiro atoms. The molecule has 0 radical (unpaired) electrons. The van der Waals surface area contributed by atoms with Gasteiger partial charge in [-0.1, -0.05) is 6.58 Å². The monoisotopic (exact) mass is 428 g/mol. The highest BCUT2D eigenvalue weighted by atomic mass is 16.5. The molecular weight excluding hydrogens is 394 g/mol. The van der Waals surface area contributed by atoms with Gasteiger partial charge in [0.2, 0.25) is 0 Å². The van der Waals surface area contributed by atoms with E-state index in [2.05, 4.69) is 16.6 Å². The number of hydrogen-bond acceptors (Lipinski definition) is 7. The Labute approximate surface area is 184 Å². The summed E-state index contributed by atoms with van der Waals surface area (Å²) in [7, 11) is 5.44. The molecular formula is C23H34N5O3+. The fourth-order valence-corrected chi connectivity index (χ4v) is 4.16. The molecule has 3 N–H and O–H groups in total. The number of hydrogen-bond donors (Lipinski definition) is 2. The highest BCUT2D eigenvalue weighted by Gasteiger charge is 2.29. The maximum Gasteiger partial charge on any atom is 0.360 e. The number of benzene rings is 1. The van der Waals surface area contributed by atoms with E-state index < -0.39 is 5.97 Å². The molecule has 0 saturated heterocycles. The van der Waals surface area contributed by atoms with Crippen LogP contribution in [0, 0.1) is 0 Å². The second kappa shape index (κ2) is 9.87. The van der Waals surface area contributed by atoms with Gasteiger partial charge in [-0.05, 0) is 44.2 Å². The molecule has 1 aromatic rings. The molecule has 1 aromatic carbocycles. The van der Waals surface area contributed by atoms with Gasteiger partial charge in [0.1, 0.15) is 17.6 Å². The molecule has 0 aromatic heterocycles. The molecule has 0 amide bonds. The van der Waals surface area contributed by atoms with Crippen LogP contribution in [0.25, 0.3) is 0 Å². The van der Waals surface area contributed by atoms with E-state index in [-0.39, 0.29) is 18.1 Å². The number of phenols is 1. The van der Waals surface area contributed by atoms with Crippen molar-refractivity contribution >= 4 is 23.1 Å². The lowest BCUT2D eigenvalue weighted by Gasteiger charge is -2.38. The standard InChI is InChI=1S/C23H33N5O3/c1-6-31-23(30)20(16(2)26(4)14-11-24-3)25-27(5)19-15-17-9-7-12-28-13-8-10-18(21(17)28)22(19)29/h11,14-15,24,29H,2,6-10,12-13H2,1,3-5H3/p+1. The van der Waals surface area contributed by atoms with Gasteiger partial charge in [-0.2, -0.15) is 5.10 Å². The largest absolute Gasteiger partial charge is 0.505 e. The van der Waals surface area contributed by atoms with E-state index in [1.165, 1.54) is 11.3 Å². The van der Waals surface area contributed by atoms with Crippen LogP contribution in [0.5, 0.6) is 5.75 Å². The molecule has 8 nitrogen and oxygen atoms in total. The summed E-state index contributed by atoms with van der Waals surface area (Å²) < 4.78 is 5.22. The third-order valence-electron chi connectivity index (χ3n) is 5.74. The van der Waals surface area contributed by atoms with Crippen molar-refractivity contribution in [2.24, 2.45) is 5.10 Å². The number of carbonyl (C=O) groups excluding carboxylic acids is 1. The number of hydrazone groups is 1.